The van der Waals surface area contributed by atoms with E-state index in [1.165, 1.54) is 0 Å². The van der Waals surface area contributed by atoms with Crippen LogP contribution in [0.3, 0.4) is 0 Å². The van der Waals surface area contributed by atoms with Crippen LogP contribution in [0.15, 0.2) is 12.7 Å². The van der Waals surface area contributed by atoms with Gasteiger partial charge in [-0.1, -0.05) is 33.8 Å². The van der Waals surface area contributed by atoms with E-state index in [0.29, 0.717) is 18.4 Å². The quantitative estimate of drug-likeness (QED) is 0.427. The minimum Gasteiger partial charge on any atom is -0.384 e. The van der Waals surface area contributed by atoms with Crippen molar-refractivity contribution in [1.29, 1.82) is 0 Å². The summed E-state index contributed by atoms with van der Waals surface area (Å²) < 4.78 is 11.1. The van der Waals surface area contributed by atoms with Gasteiger partial charge in [0.05, 0.1) is 19.8 Å². The van der Waals surface area contributed by atoms with Crippen LogP contribution >= 0.6 is 0 Å². The van der Waals surface area contributed by atoms with E-state index in [0.717, 1.165) is 26.1 Å². The Labute approximate surface area is 107 Å². The maximum absolute atomic E-state index is 5.70. The Morgan fingerprint density at radius 1 is 1.06 bits per heavy atom. The molecule has 0 rings (SSSR count). The van der Waals surface area contributed by atoms with Gasteiger partial charge in [-0.05, 0) is 24.7 Å². The zero-order valence-electron chi connectivity index (χ0n) is 12.3. The highest BCUT2D eigenvalue weighted by atomic mass is 16.5. The van der Waals surface area contributed by atoms with E-state index in [1.54, 1.807) is 7.11 Å². The largest absolute Gasteiger partial charge is 0.384 e. The summed E-state index contributed by atoms with van der Waals surface area (Å²) in [5.41, 5.74) is 0.153. The van der Waals surface area contributed by atoms with Gasteiger partial charge >= 0.3 is 0 Å². The predicted octanol–water partition coefficient (Wildman–Crippen LogP) is 3.91. The van der Waals surface area contributed by atoms with Gasteiger partial charge in [0.15, 0.2) is 0 Å². The van der Waals surface area contributed by atoms with Gasteiger partial charge in [0.25, 0.3) is 0 Å². The molecule has 0 aromatic rings. The van der Waals surface area contributed by atoms with Crippen molar-refractivity contribution >= 4 is 0 Å². The number of ether oxygens (including phenoxy) is 2. The molecule has 0 aromatic heterocycles. The van der Waals surface area contributed by atoms with E-state index < -0.39 is 0 Å². The van der Waals surface area contributed by atoms with Gasteiger partial charge in [-0.3, -0.25) is 0 Å². The van der Waals surface area contributed by atoms with Crippen molar-refractivity contribution in [3.8, 4) is 0 Å². The van der Waals surface area contributed by atoms with Crippen LogP contribution < -0.4 is 0 Å². The molecule has 0 N–H and O–H groups in total. The van der Waals surface area contributed by atoms with Gasteiger partial charge < -0.3 is 9.47 Å². The smallest absolute Gasteiger partial charge is 0.0645 e. The third-order valence-electron chi connectivity index (χ3n) is 2.78. The van der Waals surface area contributed by atoms with E-state index in [1.807, 2.05) is 6.08 Å². The molecule has 0 atom stereocenters. The van der Waals surface area contributed by atoms with E-state index in [9.17, 15) is 0 Å². The van der Waals surface area contributed by atoms with Crippen LogP contribution in [-0.2, 0) is 9.47 Å². The number of hydrogen-bond acceptors (Lipinski definition) is 2. The molecule has 2 nitrogen and oxygen atoms in total. The molecule has 0 heterocycles. The SMILES string of the molecule is C=CCOCC(COC)(CC(C)C)CC(C)C. The number of rotatable bonds is 10. The first-order valence-corrected chi connectivity index (χ1v) is 6.63. The Morgan fingerprint density at radius 2 is 1.59 bits per heavy atom. The van der Waals surface area contributed by atoms with Gasteiger partial charge in [-0.2, -0.15) is 0 Å². The molecule has 0 saturated heterocycles. The van der Waals surface area contributed by atoms with Gasteiger partial charge in [0.2, 0.25) is 0 Å². The molecule has 0 amide bonds. The van der Waals surface area contributed by atoms with Crippen LogP contribution in [0.25, 0.3) is 0 Å². The molecule has 102 valence electrons. The van der Waals surface area contributed by atoms with E-state index in [4.69, 9.17) is 9.47 Å². The third-order valence-corrected chi connectivity index (χ3v) is 2.78. The summed E-state index contributed by atoms with van der Waals surface area (Å²) in [6, 6.07) is 0. The fraction of sp³-hybridized carbons (Fsp3) is 0.867. The molecule has 0 aliphatic carbocycles. The number of methoxy groups -OCH3 is 1. The summed E-state index contributed by atoms with van der Waals surface area (Å²) in [7, 11) is 1.78. The summed E-state index contributed by atoms with van der Waals surface area (Å²) in [6.07, 6.45) is 4.11. The Balaban J connectivity index is 4.60. The lowest BCUT2D eigenvalue weighted by atomic mass is 9.75. The number of hydrogen-bond donors (Lipinski definition) is 0. The Bertz CT molecular complexity index is 187. The van der Waals surface area contributed by atoms with Crippen molar-refractivity contribution in [2.75, 3.05) is 26.9 Å². The van der Waals surface area contributed by atoms with Crippen LogP contribution in [0.4, 0.5) is 0 Å². The first kappa shape index (κ1) is 16.7. The average molecular weight is 242 g/mol. The normalized spacial score (nSPS) is 12.4. The zero-order valence-corrected chi connectivity index (χ0v) is 12.3. The summed E-state index contributed by atoms with van der Waals surface area (Å²) in [6.45, 7) is 14.9. The van der Waals surface area contributed by atoms with Gasteiger partial charge in [-0.15, -0.1) is 6.58 Å². The molecule has 2 heteroatoms. The maximum atomic E-state index is 5.70. The lowest BCUT2D eigenvalue weighted by molar-refractivity contribution is -0.0249. The Morgan fingerprint density at radius 3 is 1.94 bits per heavy atom. The highest BCUT2D eigenvalue weighted by Crippen LogP contribution is 2.34. The molecule has 0 aliphatic rings. The van der Waals surface area contributed by atoms with Crippen molar-refractivity contribution in [3.05, 3.63) is 12.7 Å². The van der Waals surface area contributed by atoms with Crippen LogP contribution in [-0.4, -0.2) is 26.9 Å². The summed E-state index contributed by atoms with van der Waals surface area (Å²) in [5.74, 6) is 1.33. The molecule has 0 aromatic carbocycles. The van der Waals surface area contributed by atoms with Crippen LogP contribution in [0.2, 0.25) is 0 Å². The van der Waals surface area contributed by atoms with Crippen LogP contribution in [0.1, 0.15) is 40.5 Å². The summed E-state index contributed by atoms with van der Waals surface area (Å²) in [5, 5.41) is 0. The van der Waals surface area contributed by atoms with Crippen molar-refractivity contribution in [1.82, 2.24) is 0 Å². The molecular formula is C15H30O2. The standard InChI is InChI=1S/C15H30O2/c1-7-8-17-12-15(11-16-6,9-13(2)3)10-14(4)5/h7,13-14H,1,8-12H2,2-6H3. The Hall–Kier alpha value is -0.340. The molecule has 0 saturated carbocycles. The van der Waals surface area contributed by atoms with E-state index in [-0.39, 0.29) is 5.41 Å². The minimum absolute atomic E-state index is 0.153. The van der Waals surface area contributed by atoms with Crippen LogP contribution in [0, 0.1) is 17.3 Å². The van der Waals surface area contributed by atoms with Crippen molar-refractivity contribution in [3.63, 3.8) is 0 Å². The van der Waals surface area contributed by atoms with Gasteiger partial charge in [0.1, 0.15) is 0 Å². The van der Waals surface area contributed by atoms with E-state index in [2.05, 4.69) is 34.3 Å². The third kappa shape index (κ3) is 7.56. The Kier molecular flexibility index (Phi) is 8.53. The van der Waals surface area contributed by atoms with E-state index >= 15 is 0 Å². The second-order valence-electron chi connectivity index (χ2n) is 5.93. The topological polar surface area (TPSA) is 18.5 Å². The lowest BCUT2D eigenvalue weighted by Gasteiger charge is -2.36. The molecule has 0 spiro atoms. The molecule has 17 heavy (non-hydrogen) atoms. The second kappa shape index (κ2) is 8.71. The highest BCUT2D eigenvalue weighted by molar-refractivity contribution is 4.82. The van der Waals surface area contributed by atoms with Crippen molar-refractivity contribution in [2.45, 2.75) is 40.5 Å². The highest BCUT2D eigenvalue weighted by Gasteiger charge is 2.32. The molecule has 0 unspecified atom stereocenters. The molecule has 0 fully saturated rings. The average Bonchev–Trinajstić information content (AvgIpc) is 2.16. The van der Waals surface area contributed by atoms with Crippen LogP contribution in [0.5, 0.6) is 0 Å². The molecule has 0 aliphatic heterocycles. The van der Waals surface area contributed by atoms with Crippen molar-refractivity contribution in [2.24, 2.45) is 17.3 Å². The first-order chi connectivity index (χ1) is 7.95. The fourth-order valence-corrected chi connectivity index (χ4v) is 2.76. The van der Waals surface area contributed by atoms with Gasteiger partial charge in [-0.25, -0.2) is 0 Å². The predicted molar refractivity (Wildman–Crippen MR) is 74.2 cm³/mol. The monoisotopic (exact) mass is 242 g/mol. The second-order valence-corrected chi connectivity index (χ2v) is 5.93. The summed E-state index contributed by atoms with van der Waals surface area (Å²) >= 11 is 0. The molecule has 0 bridgehead atoms. The van der Waals surface area contributed by atoms with Gasteiger partial charge in [0, 0.05) is 12.5 Å². The molecular weight excluding hydrogens is 212 g/mol. The summed E-state index contributed by atoms with van der Waals surface area (Å²) in [4.78, 5) is 0. The first-order valence-electron chi connectivity index (χ1n) is 6.63. The fourth-order valence-electron chi connectivity index (χ4n) is 2.76. The minimum atomic E-state index is 0.153. The lowest BCUT2D eigenvalue weighted by Crippen LogP contribution is -2.35. The zero-order chi connectivity index (χ0) is 13.3. The molecule has 0 radical (unpaired) electrons. The van der Waals surface area contributed by atoms with Crippen molar-refractivity contribution < 1.29 is 9.47 Å². The maximum Gasteiger partial charge on any atom is 0.0645 e.